The molecule has 3 rings (SSSR count). The summed E-state index contributed by atoms with van der Waals surface area (Å²) in [6.45, 7) is 4.46. The zero-order chi connectivity index (χ0) is 16.4. The number of rotatable bonds is 4. The minimum Gasteiger partial charge on any atom is -0.296 e. The number of nitrogens with one attached hydrogen (secondary N) is 1. The lowest BCUT2D eigenvalue weighted by Gasteiger charge is -2.12. The second kappa shape index (κ2) is 6.29. The van der Waals surface area contributed by atoms with Crippen LogP contribution >= 0.6 is 11.3 Å². The van der Waals surface area contributed by atoms with Gasteiger partial charge in [0.1, 0.15) is 0 Å². The fourth-order valence-corrected chi connectivity index (χ4v) is 2.84. The van der Waals surface area contributed by atoms with Gasteiger partial charge in [-0.2, -0.15) is 5.10 Å². The summed E-state index contributed by atoms with van der Waals surface area (Å²) < 4.78 is 1.36. The first-order chi connectivity index (χ1) is 11.1. The zero-order valence-corrected chi connectivity index (χ0v) is 13.6. The van der Waals surface area contributed by atoms with Gasteiger partial charge in [-0.3, -0.25) is 14.9 Å². The Balaban J connectivity index is 2.12. The van der Waals surface area contributed by atoms with E-state index in [0.717, 1.165) is 0 Å². The number of amides is 1. The van der Waals surface area contributed by atoms with Crippen molar-refractivity contribution in [2.24, 2.45) is 5.92 Å². The van der Waals surface area contributed by atoms with Crippen molar-refractivity contribution in [3.8, 4) is 0 Å². The van der Waals surface area contributed by atoms with E-state index in [1.807, 2.05) is 13.8 Å². The summed E-state index contributed by atoms with van der Waals surface area (Å²) in [7, 11) is 0. The monoisotopic (exact) mass is 328 g/mol. The van der Waals surface area contributed by atoms with Gasteiger partial charge >= 0.3 is 0 Å². The van der Waals surface area contributed by atoms with Crippen LogP contribution in [0.1, 0.15) is 24.3 Å². The Morgan fingerprint density at radius 3 is 2.70 bits per heavy atom. The quantitative estimate of drug-likeness (QED) is 0.799. The smallest absolute Gasteiger partial charge is 0.278 e. The third-order valence-corrected chi connectivity index (χ3v) is 3.96. The number of thiazole rings is 1. The maximum atomic E-state index is 12.6. The first kappa shape index (κ1) is 15.4. The van der Waals surface area contributed by atoms with Crippen molar-refractivity contribution >= 4 is 33.1 Å². The Bertz CT molecular complexity index is 900. The average molecular weight is 328 g/mol. The van der Waals surface area contributed by atoms with Crippen molar-refractivity contribution in [3.63, 3.8) is 0 Å². The molecule has 0 spiro atoms. The van der Waals surface area contributed by atoms with Crippen molar-refractivity contribution in [1.29, 1.82) is 0 Å². The van der Waals surface area contributed by atoms with Crippen molar-refractivity contribution in [2.45, 2.75) is 20.4 Å². The number of carbonyl (C=O) groups excluding carboxylic acids is 1. The van der Waals surface area contributed by atoms with E-state index in [2.05, 4.69) is 15.4 Å². The summed E-state index contributed by atoms with van der Waals surface area (Å²) in [6.07, 6.45) is 1.62. The number of carbonyl (C=O) groups is 1. The van der Waals surface area contributed by atoms with Crippen molar-refractivity contribution < 1.29 is 4.79 Å². The van der Waals surface area contributed by atoms with E-state index < -0.39 is 0 Å². The maximum absolute atomic E-state index is 12.6. The number of nitrogens with zero attached hydrogens (tertiary/aromatic N) is 3. The number of aromatic nitrogens is 3. The fourth-order valence-electron chi connectivity index (χ4n) is 2.31. The van der Waals surface area contributed by atoms with E-state index in [9.17, 15) is 9.59 Å². The third kappa shape index (κ3) is 3.14. The molecule has 2 aromatic heterocycles. The summed E-state index contributed by atoms with van der Waals surface area (Å²) in [5.74, 6) is -0.120. The highest BCUT2D eigenvalue weighted by molar-refractivity contribution is 7.13. The first-order valence-corrected chi connectivity index (χ1v) is 8.15. The van der Waals surface area contributed by atoms with E-state index in [1.54, 1.807) is 35.8 Å². The summed E-state index contributed by atoms with van der Waals surface area (Å²) in [5, 5.41) is 10.3. The Morgan fingerprint density at radius 2 is 2.04 bits per heavy atom. The molecule has 7 heteroatoms. The molecule has 2 heterocycles. The van der Waals surface area contributed by atoms with E-state index in [-0.39, 0.29) is 23.1 Å². The molecule has 0 aliphatic heterocycles. The molecular formula is C16H16N4O2S. The average Bonchev–Trinajstić information content (AvgIpc) is 3.02. The van der Waals surface area contributed by atoms with Gasteiger partial charge in [0.15, 0.2) is 10.8 Å². The van der Waals surface area contributed by atoms with Crippen LogP contribution in [0.5, 0.6) is 0 Å². The van der Waals surface area contributed by atoms with E-state index in [1.165, 1.54) is 16.0 Å². The molecule has 0 saturated heterocycles. The predicted molar refractivity (Wildman–Crippen MR) is 90.9 cm³/mol. The highest BCUT2D eigenvalue weighted by Gasteiger charge is 2.17. The largest absolute Gasteiger partial charge is 0.296 e. The van der Waals surface area contributed by atoms with Crippen molar-refractivity contribution in [3.05, 3.63) is 51.9 Å². The molecule has 0 atom stereocenters. The van der Waals surface area contributed by atoms with Crippen LogP contribution in [0.2, 0.25) is 0 Å². The molecule has 3 aromatic rings. The molecule has 0 radical (unpaired) electrons. The van der Waals surface area contributed by atoms with E-state index >= 15 is 0 Å². The molecule has 1 aromatic carbocycles. The molecule has 0 fully saturated rings. The topological polar surface area (TPSA) is 76.9 Å². The second-order valence-corrected chi connectivity index (χ2v) is 6.46. The van der Waals surface area contributed by atoms with Gasteiger partial charge in [-0.25, -0.2) is 9.67 Å². The standard InChI is InChI=1S/C16H16N4O2S/c1-10(2)9-20-15(22)12-6-4-3-5-11(12)13(19-20)14(21)18-16-17-7-8-23-16/h3-8,10H,9H2,1-2H3,(H,17,18,21). The molecule has 0 unspecified atom stereocenters. The summed E-state index contributed by atoms with van der Waals surface area (Å²) in [6, 6.07) is 7.03. The predicted octanol–water partition coefficient (Wildman–Crippen LogP) is 2.76. The molecule has 0 aliphatic rings. The van der Waals surface area contributed by atoms with Crippen molar-refractivity contribution in [1.82, 2.24) is 14.8 Å². The zero-order valence-electron chi connectivity index (χ0n) is 12.8. The lowest BCUT2D eigenvalue weighted by Crippen LogP contribution is -2.29. The SMILES string of the molecule is CC(C)Cn1nc(C(=O)Nc2nccs2)c2ccccc2c1=O. The van der Waals surface area contributed by atoms with Gasteiger partial charge in [0, 0.05) is 23.5 Å². The van der Waals surface area contributed by atoms with Crippen LogP contribution in [0.25, 0.3) is 10.8 Å². The number of hydrogen-bond acceptors (Lipinski definition) is 5. The van der Waals surface area contributed by atoms with Crippen LogP contribution in [0.15, 0.2) is 40.6 Å². The van der Waals surface area contributed by atoms with Crippen LogP contribution in [-0.2, 0) is 6.54 Å². The summed E-state index contributed by atoms with van der Waals surface area (Å²) >= 11 is 1.33. The minimum atomic E-state index is -0.367. The molecule has 23 heavy (non-hydrogen) atoms. The first-order valence-electron chi connectivity index (χ1n) is 7.27. The van der Waals surface area contributed by atoms with Crippen LogP contribution < -0.4 is 10.9 Å². The van der Waals surface area contributed by atoms with Gasteiger partial charge in [0.2, 0.25) is 0 Å². The highest BCUT2D eigenvalue weighted by Crippen LogP contribution is 2.17. The highest BCUT2D eigenvalue weighted by atomic mass is 32.1. The molecule has 0 aliphatic carbocycles. The molecule has 1 N–H and O–H groups in total. The summed E-state index contributed by atoms with van der Waals surface area (Å²) in [5.41, 5.74) is 0.0520. The fraction of sp³-hybridized carbons (Fsp3) is 0.250. The van der Waals surface area contributed by atoms with E-state index in [4.69, 9.17) is 0 Å². The Kier molecular flexibility index (Phi) is 4.20. The molecule has 0 saturated carbocycles. The van der Waals surface area contributed by atoms with Gasteiger partial charge in [-0.1, -0.05) is 32.0 Å². The van der Waals surface area contributed by atoms with Gasteiger partial charge in [-0.15, -0.1) is 11.3 Å². The van der Waals surface area contributed by atoms with Gasteiger partial charge in [0.05, 0.1) is 5.39 Å². The molecule has 0 bridgehead atoms. The number of fused-ring (bicyclic) bond motifs is 1. The van der Waals surface area contributed by atoms with Gasteiger partial charge < -0.3 is 0 Å². The lowest BCUT2D eigenvalue weighted by atomic mass is 10.1. The molecule has 118 valence electrons. The second-order valence-electron chi connectivity index (χ2n) is 5.57. The number of hydrogen-bond donors (Lipinski definition) is 1. The molecule has 6 nitrogen and oxygen atoms in total. The normalized spacial score (nSPS) is 11.1. The van der Waals surface area contributed by atoms with E-state index in [0.29, 0.717) is 22.4 Å². The Labute approximate surface area is 136 Å². The summed E-state index contributed by atoms with van der Waals surface area (Å²) in [4.78, 5) is 29.1. The number of benzene rings is 1. The van der Waals surface area contributed by atoms with Crippen LogP contribution in [0.4, 0.5) is 5.13 Å². The number of anilines is 1. The van der Waals surface area contributed by atoms with Gasteiger partial charge in [-0.05, 0) is 12.0 Å². The third-order valence-electron chi connectivity index (χ3n) is 3.27. The lowest BCUT2D eigenvalue weighted by molar-refractivity contribution is 0.102. The van der Waals surface area contributed by atoms with Gasteiger partial charge in [0.25, 0.3) is 11.5 Å². The maximum Gasteiger partial charge on any atom is 0.278 e. The van der Waals surface area contributed by atoms with Crippen molar-refractivity contribution in [2.75, 3.05) is 5.32 Å². The van der Waals surface area contributed by atoms with Crippen LogP contribution in [0.3, 0.4) is 0 Å². The molecule has 1 amide bonds. The molecular weight excluding hydrogens is 312 g/mol. The van der Waals surface area contributed by atoms with Crippen LogP contribution in [-0.4, -0.2) is 20.7 Å². The Morgan fingerprint density at radius 1 is 1.30 bits per heavy atom. The van der Waals surface area contributed by atoms with Crippen LogP contribution in [0, 0.1) is 5.92 Å². The minimum absolute atomic E-state index is 0.180. The Hall–Kier alpha value is -2.54.